The zero-order chi connectivity index (χ0) is 22.4. The number of hydrogen-bond donors (Lipinski definition) is 2. The second-order valence-electron chi connectivity index (χ2n) is 9.10. The van der Waals surface area contributed by atoms with Crippen LogP contribution in [0.3, 0.4) is 0 Å². The molecule has 1 atom stereocenters. The van der Waals surface area contributed by atoms with Crippen LogP contribution >= 0.6 is 11.6 Å². The first-order chi connectivity index (χ1) is 15.6. The molecule has 1 unspecified atom stereocenters. The highest BCUT2D eigenvalue weighted by Crippen LogP contribution is 2.42. The van der Waals surface area contributed by atoms with E-state index in [4.69, 9.17) is 21.1 Å². The number of rotatable bonds is 8. The number of hydrogen-bond acceptors (Lipinski definition) is 5. The Labute approximate surface area is 196 Å². The molecule has 0 spiro atoms. The van der Waals surface area contributed by atoms with E-state index in [9.17, 15) is 5.11 Å². The van der Waals surface area contributed by atoms with E-state index < -0.39 is 5.60 Å². The van der Waals surface area contributed by atoms with Gasteiger partial charge in [0.1, 0.15) is 18.1 Å². The Morgan fingerprint density at radius 3 is 2.59 bits per heavy atom. The lowest BCUT2D eigenvalue weighted by Gasteiger charge is -2.42. The van der Waals surface area contributed by atoms with E-state index in [1.54, 1.807) is 7.11 Å². The van der Waals surface area contributed by atoms with Gasteiger partial charge in [-0.3, -0.25) is 0 Å². The largest absolute Gasteiger partial charge is 0.497 e. The molecule has 2 aromatic carbocycles. The average molecular weight is 459 g/mol. The van der Waals surface area contributed by atoms with Crippen molar-refractivity contribution in [3.05, 3.63) is 58.6 Å². The van der Waals surface area contributed by atoms with Crippen LogP contribution in [0.1, 0.15) is 49.1 Å². The minimum Gasteiger partial charge on any atom is -0.497 e. The van der Waals surface area contributed by atoms with Gasteiger partial charge in [0.15, 0.2) is 0 Å². The number of benzene rings is 2. The number of halogens is 1. The molecule has 5 nitrogen and oxygen atoms in total. The first kappa shape index (κ1) is 23.4. The number of piperazine rings is 1. The highest BCUT2D eigenvalue weighted by Gasteiger charge is 2.39. The van der Waals surface area contributed by atoms with Crippen molar-refractivity contribution >= 4 is 11.6 Å². The molecule has 2 aliphatic rings. The quantitative estimate of drug-likeness (QED) is 0.605. The van der Waals surface area contributed by atoms with E-state index in [1.165, 1.54) is 6.42 Å². The summed E-state index contributed by atoms with van der Waals surface area (Å²) in [5.74, 6) is 1.52. The molecular formula is C26H35ClN2O3. The average Bonchev–Trinajstić information content (AvgIpc) is 2.83. The van der Waals surface area contributed by atoms with Crippen LogP contribution < -0.4 is 14.8 Å². The van der Waals surface area contributed by atoms with Crippen LogP contribution in [0.15, 0.2) is 42.5 Å². The van der Waals surface area contributed by atoms with Gasteiger partial charge in [-0.15, -0.1) is 0 Å². The van der Waals surface area contributed by atoms with Gasteiger partial charge in [-0.1, -0.05) is 49.1 Å². The van der Waals surface area contributed by atoms with Crippen LogP contribution in [0, 0.1) is 0 Å². The van der Waals surface area contributed by atoms with Crippen molar-refractivity contribution < 1.29 is 14.6 Å². The maximum Gasteiger partial charge on any atom is 0.138 e. The fourth-order valence-electron chi connectivity index (χ4n) is 5.02. The summed E-state index contributed by atoms with van der Waals surface area (Å²) in [7, 11) is 1.66. The van der Waals surface area contributed by atoms with Crippen molar-refractivity contribution in [3.8, 4) is 11.5 Å². The standard InChI is InChI=1S/C26H35ClN2O3/c1-31-22-7-5-6-20(16-22)19-32-25-9-8-21(17-24(25)27)23(18-29-14-12-28-13-15-29)26(30)10-3-2-4-11-26/h5-9,16-17,23,28,30H,2-4,10-15,18-19H2,1H3. The fraction of sp³-hybridized carbons (Fsp3) is 0.538. The Morgan fingerprint density at radius 1 is 1.09 bits per heavy atom. The van der Waals surface area contributed by atoms with Gasteiger partial charge in [0.25, 0.3) is 0 Å². The van der Waals surface area contributed by atoms with Crippen molar-refractivity contribution in [1.82, 2.24) is 10.2 Å². The predicted molar refractivity (Wildman–Crippen MR) is 129 cm³/mol. The summed E-state index contributed by atoms with van der Waals surface area (Å²) in [4.78, 5) is 2.47. The van der Waals surface area contributed by atoms with E-state index in [0.717, 1.165) is 75.3 Å². The molecule has 0 bridgehead atoms. The molecule has 0 amide bonds. The lowest BCUT2D eigenvalue weighted by atomic mass is 9.72. The van der Waals surface area contributed by atoms with Crippen LogP contribution in [-0.2, 0) is 6.61 Å². The number of nitrogens with one attached hydrogen (secondary N) is 1. The molecule has 1 heterocycles. The Kier molecular flexibility index (Phi) is 7.95. The van der Waals surface area contributed by atoms with Gasteiger partial charge in [-0.25, -0.2) is 0 Å². The Bertz CT molecular complexity index is 879. The van der Waals surface area contributed by atoms with E-state index in [0.29, 0.717) is 17.4 Å². The molecule has 1 saturated heterocycles. The molecule has 1 aliphatic carbocycles. The predicted octanol–water partition coefficient (Wildman–Crippen LogP) is 4.61. The Balaban J connectivity index is 1.51. The second-order valence-corrected chi connectivity index (χ2v) is 9.50. The lowest BCUT2D eigenvalue weighted by Crippen LogP contribution is -2.49. The molecule has 1 saturated carbocycles. The van der Waals surface area contributed by atoms with Gasteiger partial charge in [0.05, 0.1) is 17.7 Å². The monoisotopic (exact) mass is 458 g/mol. The van der Waals surface area contributed by atoms with Gasteiger partial charge in [-0.05, 0) is 48.2 Å². The summed E-state index contributed by atoms with van der Waals surface area (Å²) in [5.41, 5.74) is 1.46. The molecule has 1 aliphatic heterocycles. The molecule has 0 radical (unpaired) electrons. The summed E-state index contributed by atoms with van der Waals surface area (Å²) in [5, 5.41) is 15.7. The maximum atomic E-state index is 11.6. The highest BCUT2D eigenvalue weighted by atomic mass is 35.5. The van der Waals surface area contributed by atoms with Gasteiger partial charge < -0.3 is 24.8 Å². The van der Waals surface area contributed by atoms with Crippen LogP contribution in [-0.4, -0.2) is 55.4 Å². The fourth-order valence-corrected chi connectivity index (χ4v) is 5.27. The molecule has 2 N–H and O–H groups in total. The number of ether oxygens (including phenoxy) is 2. The summed E-state index contributed by atoms with van der Waals surface area (Å²) in [6.45, 7) is 5.32. The van der Waals surface area contributed by atoms with Crippen molar-refractivity contribution in [2.45, 2.75) is 50.2 Å². The van der Waals surface area contributed by atoms with Crippen molar-refractivity contribution in [3.63, 3.8) is 0 Å². The first-order valence-electron chi connectivity index (χ1n) is 11.8. The van der Waals surface area contributed by atoms with Gasteiger partial charge in [0.2, 0.25) is 0 Å². The van der Waals surface area contributed by atoms with Crippen LogP contribution in [0.4, 0.5) is 0 Å². The molecule has 32 heavy (non-hydrogen) atoms. The minimum absolute atomic E-state index is 0.0471. The molecular weight excluding hydrogens is 424 g/mol. The van der Waals surface area contributed by atoms with E-state index in [1.807, 2.05) is 36.4 Å². The summed E-state index contributed by atoms with van der Waals surface area (Å²) < 4.78 is 11.3. The topological polar surface area (TPSA) is 54.0 Å². The van der Waals surface area contributed by atoms with Gasteiger partial charge in [-0.2, -0.15) is 0 Å². The molecule has 6 heteroatoms. The zero-order valence-corrected chi connectivity index (χ0v) is 19.7. The zero-order valence-electron chi connectivity index (χ0n) is 19.0. The molecule has 4 rings (SSSR count). The van der Waals surface area contributed by atoms with Gasteiger partial charge >= 0.3 is 0 Å². The third kappa shape index (κ3) is 5.76. The van der Waals surface area contributed by atoms with Crippen molar-refractivity contribution in [1.29, 1.82) is 0 Å². The summed E-state index contributed by atoms with van der Waals surface area (Å²) >= 11 is 6.67. The smallest absolute Gasteiger partial charge is 0.138 e. The van der Waals surface area contributed by atoms with E-state index in [2.05, 4.69) is 16.3 Å². The SMILES string of the molecule is COc1cccc(COc2ccc(C(CN3CCNCC3)C3(O)CCCCC3)cc2Cl)c1. The van der Waals surface area contributed by atoms with Crippen LogP contribution in [0.2, 0.25) is 5.02 Å². The Morgan fingerprint density at radius 2 is 1.88 bits per heavy atom. The van der Waals surface area contributed by atoms with Gasteiger partial charge in [0, 0.05) is 38.6 Å². The third-order valence-corrected chi connectivity index (χ3v) is 7.20. The van der Waals surface area contributed by atoms with Crippen molar-refractivity contribution in [2.75, 3.05) is 39.8 Å². The molecule has 2 aromatic rings. The molecule has 174 valence electrons. The number of nitrogens with zero attached hydrogens (tertiary/aromatic N) is 1. The third-order valence-electron chi connectivity index (χ3n) is 6.91. The van der Waals surface area contributed by atoms with Crippen LogP contribution in [0.25, 0.3) is 0 Å². The van der Waals surface area contributed by atoms with Crippen LogP contribution in [0.5, 0.6) is 11.5 Å². The molecule has 2 fully saturated rings. The maximum absolute atomic E-state index is 11.6. The number of methoxy groups -OCH3 is 1. The minimum atomic E-state index is -0.671. The van der Waals surface area contributed by atoms with E-state index >= 15 is 0 Å². The lowest BCUT2D eigenvalue weighted by molar-refractivity contribution is -0.0316. The normalized spacial score (nSPS) is 20.0. The number of aliphatic hydroxyl groups is 1. The van der Waals surface area contributed by atoms with Crippen molar-refractivity contribution in [2.24, 2.45) is 0 Å². The highest BCUT2D eigenvalue weighted by molar-refractivity contribution is 6.32. The summed E-state index contributed by atoms with van der Waals surface area (Å²) in [6, 6.07) is 13.9. The van der Waals surface area contributed by atoms with E-state index in [-0.39, 0.29) is 5.92 Å². The summed E-state index contributed by atoms with van der Waals surface area (Å²) in [6.07, 6.45) is 5.10. The first-order valence-corrected chi connectivity index (χ1v) is 12.2. The second kappa shape index (κ2) is 10.9. The molecule has 0 aromatic heterocycles. The Hall–Kier alpha value is -1.79.